The Bertz CT molecular complexity index is 789. The second kappa shape index (κ2) is 7.33. The fourth-order valence-electron chi connectivity index (χ4n) is 2.01. The highest BCUT2D eigenvalue weighted by Crippen LogP contribution is 2.30. The summed E-state index contributed by atoms with van der Waals surface area (Å²) in [6.45, 7) is 3.58. The highest BCUT2D eigenvalue weighted by molar-refractivity contribution is 6.04. The Labute approximate surface area is 142 Å². The topological polar surface area (TPSA) is 71.1 Å². The van der Waals surface area contributed by atoms with E-state index in [2.05, 4.69) is 15.6 Å². The van der Waals surface area contributed by atoms with Crippen molar-refractivity contribution in [1.29, 1.82) is 0 Å². The molecule has 0 aliphatic carbocycles. The van der Waals surface area contributed by atoms with Gasteiger partial charge < -0.3 is 10.6 Å². The van der Waals surface area contributed by atoms with Crippen LogP contribution < -0.4 is 10.6 Å². The molecule has 0 saturated carbocycles. The lowest BCUT2D eigenvalue weighted by Gasteiger charge is -2.11. The third-order valence-corrected chi connectivity index (χ3v) is 3.12. The summed E-state index contributed by atoms with van der Waals surface area (Å²) in [5, 5.41) is 5.02. The molecule has 25 heavy (non-hydrogen) atoms. The van der Waals surface area contributed by atoms with Gasteiger partial charge in [0.1, 0.15) is 5.69 Å². The number of anilines is 1. The standard InChI is InChI=1S/C17H16F3N3O2/c1-10(2)22-15(24)11-6-7-21-14(8-11)16(25)23-13-5-3-4-12(9-13)17(18,19)20/h3-10H,1-2H3,(H,22,24)(H,23,25). The largest absolute Gasteiger partial charge is 0.416 e. The van der Waals surface area contributed by atoms with Crippen LogP contribution in [0.25, 0.3) is 0 Å². The van der Waals surface area contributed by atoms with Crippen LogP contribution in [0.3, 0.4) is 0 Å². The fourth-order valence-corrected chi connectivity index (χ4v) is 2.01. The highest BCUT2D eigenvalue weighted by Gasteiger charge is 2.30. The van der Waals surface area contributed by atoms with E-state index < -0.39 is 17.6 Å². The smallest absolute Gasteiger partial charge is 0.350 e. The van der Waals surface area contributed by atoms with Crippen LogP contribution in [0.15, 0.2) is 42.6 Å². The first kappa shape index (κ1) is 18.4. The molecule has 0 fully saturated rings. The van der Waals surface area contributed by atoms with Crippen molar-refractivity contribution in [3.63, 3.8) is 0 Å². The predicted octanol–water partition coefficient (Wildman–Crippen LogP) is 3.49. The molecule has 0 spiro atoms. The van der Waals surface area contributed by atoms with Gasteiger partial charge in [0.2, 0.25) is 0 Å². The van der Waals surface area contributed by atoms with Crippen molar-refractivity contribution in [3.8, 4) is 0 Å². The second-order valence-corrected chi connectivity index (χ2v) is 5.59. The number of hydrogen-bond donors (Lipinski definition) is 2. The first-order valence-electron chi connectivity index (χ1n) is 7.42. The number of aromatic nitrogens is 1. The number of hydrogen-bond acceptors (Lipinski definition) is 3. The van der Waals surface area contributed by atoms with Gasteiger partial charge in [-0.3, -0.25) is 14.6 Å². The Morgan fingerprint density at radius 3 is 2.44 bits per heavy atom. The molecule has 132 valence electrons. The van der Waals surface area contributed by atoms with E-state index in [1.807, 2.05) is 0 Å². The molecule has 0 bridgehead atoms. The van der Waals surface area contributed by atoms with Crippen molar-refractivity contribution in [2.75, 3.05) is 5.32 Å². The molecule has 0 aliphatic heterocycles. The maximum atomic E-state index is 12.7. The minimum absolute atomic E-state index is 0.0151. The van der Waals surface area contributed by atoms with E-state index in [0.717, 1.165) is 12.1 Å². The summed E-state index contributed by atoms with van der Waals surface area (Å²) in [6, 6.07) is 6.90. The van der Waals surface area contributed by atoms with E-state index in [-0.39, 0.29) is 28.9 Å². The quantitative estimate of drug-likeness (QED) is 0.886. The molecule has 0 atom stereocenters. The number of nitrogens with zero attached hydrogens (tertiary/aromatic N) is 1. The molecular formula is C17H16F3N3O2. The monoisotopic (exact) mass is 351 g/mol. The predicted molar refractivity (Wildman–Crippen MR) is 86.2 cm³/mol. The van der Waals surface area contributed by atoms with Gasteiger partial charge in [-0.1, -0.05) is 6.07 Å². The lowest BCUT2D eigenvalue weighted by Crippen LogP contribution is -2.30. The number of benzene rings is 1. The summed E-state index contributed by atoms with van der Waals surface area (Å²) in [5.74, 6) is -1.08. The molecule has 8 heteroatoms. The van der Waals surface area contributed by atoms with Crippen LogP contribution >= 0.6 is 0 Å². The fraction of sp³-hybridized carbons (Fsp3) is 0.235. The minimum Gasteiger partial charge on any atom is -0.350 e. The molecule has 0 aliphatic rings. The molecule has 1 aromatic carbocycles. The number of carbonyl (C=O) groups is 2. The maximum absolute atomic E-state index is 12.7. The van der Waals surface area contributed by atoms with Crippen LogP contribution in [0.1, 0.15) is 40.3 Å². The zero-order valence-electron chi connectivity index (χ0n) is 13.5. The SMILES string of the molecule is CC(C)NC(=O)c1ccnc(C(=O)Nc2cccc(C(F)(F)F)c2)c1. The van der Waals surface area contributed by atoms with Gasteiger partial charge in [-0.05, 0) is 44.2 Å². The van der Waals surface area contributed by atoms with Crippen LogP contribution in [0.4, 0.5) is 18.9 Å². The number of alkyl halides is 3. The summed E-state index contributed by atoms with van der Waals surface area (Å²) in [6.07, 6.45) is -3.22. The number of nitrogens with one attached hydrogen (secondary N) is 2. The van der Waals surface area contributed by atoms with Crippen molar-refractivity contribution in [3.05, 3.63) is 59.4 Å². The number of halogens is 3. The van der Waals surface area contributed by atoms with E-state index in [1.54, 1.807) is 13.8 Å². The van der Waals surface area contributed by atoms with Crippen LogP contribution in [0, 0.1) is 0 Å². The van der Waals surface area contributed by atoms with Crippen molar-refractivity contribution in [2.45, 2.75) is 26.1 Å². The lowest BCUT2D eigenvalue weighted by atomic mass is 10.1. The van der Waals surface area contributed by atoms with Gasteiger partial charge >= 0.3 is 6.18 Å². The van der Waals surface area contributed by atoms with Gasteiger partial charge in [-0.25, -0.2) is 0 Å². The Kier molecular flexibility index (Phi) is 5.41. The third kappa shape index (κ3) is 5.03. The number of pyridine rings is 1. The molecule has 2 amide bonds. The van der Waals surface area contributed by atoms with Gasteiger partial charge in [0.15, 0.2) is 0 Å². The summed E-state index contributed by atoms with van der Waals surface area (Å²) >= 11 is 0. The molecule has 5 nitrogen and oxygen atoms in total. The van der Waals surface area contributed by atoms with E-state index in [9.17, 15) is 22.8 Å². The molecule has 2 N–H and O–H groups in total. The normalized spacial score (nSPS) is 11.3. The van der Waals surface area contributed by atoms with Crippen molar-refractivity contribution in [2.24, 2.45) is 0 Å². The Morgan fingerprint density at radius 2 is 1.80 bits per heavy atom. The van der Waals surface area contributed by atoms with Gasteiger partial charge in [-0.15, -0.1) is 0 Å². The number of carbonyl (C=O) groups excluding carboxylic acids is 2. The molecule has 0 unspecified atom stereocenters. The maximum Gasteiger partial charge on any atom is 0.416 e. The van der Waals surface area contributed by atoms with Crippen LogP contribution in [-0.2, 0) is 6.18 Å². The molecule has 1 aromatic heterocycles. The average molecular weight is 351 g/mol. The zero-order valence-corrected chi connectivity index (χ0v) is 13.5. The van der Waals surface area contributed by atoms with Gasteiger partial charge in [0.25, 0.3) is 11.8 Å². The first-order valence-corrected chi connectivity index (χ1v) is 7.42. The lowest BCUT2D eigenvalue weighted by molar-refractivity contribution is -0.137. The van der Waals surface area contributed by atoms with Crippen molar-refractivity contribution >= 4 is 17.5 Å². The van der Waals surface area contributed by atoms with Crippen LogP contribution in [0.5, 0.6) is 0 Å². The van der Waals surface area contributed by atoms with E-state index in [0.29, 0.717) is 0 Å². The Balaban J connectivity index is 2.18. The molecule has 0 radical (unpaired) electrons. The van der Waals surface area contributed by atoms with Crippen molar-refractivity contribution < 1.29 is 22.8 Å². The third-order valence-electron chi connectivity index (χ3n) is 3.12. The summed E-state index contributed by atoms with van der Waals surface area (Å²) in [7, 11) is 0. The second-order valence-electron chi connectivity index (χ2n) is 5.59. The minimum atomic E-state index is -4.51. The summed E-state index contributed by atoms with van der Waals surface area (Å²) < 4.78 is 38.1. The van der Waals surface area contributed by atoms with Crippen LogP contribution in [0.2, 0.25) is 0 Å². The van der Waals surface area contributed by atoms with Crippen molar-refractivity contribution in [1.82, 2.24) is 10.3 Å². The van der Waals surface area contributed by atoms with Crippen LogP contribution in [-0.4, -0.2) is 22.8 Å². The van der Waals surface area contributed by atoms with Gasteiger partial charge in [0, 0.05) is 23.5 Å². The first-order chi connectivity index (χ1) is 11.7. The number of amides is 2. The van der Waals surface area contributed by atoms with Gasteiger partial charge in [-0.2, -0.15) is 13.2 Å². The van der Waals surface area contributed by atoms with Gasteiger partial charge in [0.05, 0.1) is 5.56 Å². The molecular weight excluding hydrogens is 335 g/mol. The highest BCUT2D eigenvalue weighted by atomic mass is 19.4. The molecule has 1 heterocycles. The van der Waals surface area contributed by atoms with E-state index in [1.165, 1.54) is 30.5 Å². The zero-order chi connectivity index (χ0) is 18.6. The average Bonchev–Trinajstić information content (AvgIpc) is 2.54. The molecule has 0 saturated heterocycles. The molecule has 2 aromatic rings. The summed E-state index contributed by atoms with van der Waals surface area (Å²) in [5.41, 5.74) is -0.728. The Hall–Kier alpha value is -2.90. The number of rotatable bonds is 4. The Morgan fingerprint density at radius 1 is 1.08 bits per heavy atom. The van der Waals surface area contributed by atoms with E-state index >= 15 is 0 Å². The summed E-state index contributed by atoms with van der Waals surface area (Å²) in [4.78, 5) is 28.0. The van der Waals surface area contributed by atoms with E-state index in [4.69, 9.17) is 0 Å². The molecule has 2 rings (SSSR count).